The Kier molecular flexibility index (Phi) is 4.63. The van der Waals surface area contributed by atoms with Gasteiger partial charge >= 0.3 is 0 Å². The summed E-state index contributed by atoms with van der Waals surface area (Å²) in [5.74, 6) is 1.53. The highest BCUT2D eigenvalue weighted by molar-refractivity contribution is 8.01. The summed E-state index contributed by atoms with van der Waals surface area (Å²) >= 11 is 3.18. The highest BCUT2D eigenvalue weighted by atomic mass is 32.2. The van der Waals surface area contributed by atoms with Gasteiger partial charge in [-0.3, -0.25) is 4.79 Å². The summed E-state index contributed by atoms with van der Waals surface area (Å²) in [6, 6.07) is 13.9. The Morgan fingerprint density at radius 1 is 1.36 bits per heavy atom. The van der Waals surface area contributed by atoms with Crippen LogP contribution in [0.3, 0.4) is 0 Å². The number of aryl methyl sites for hydroxylation is 1. The van der Waals surface area contributed by atoms with Crippen molar-refractivity contribution >= 4 is 44.8 Å². The number of anilines is 1. The third kappa shape index (κ3) is 3.50. The fraction of sp³-hybridized carbons (Fsp3) is 0.263. The zero-order chi connectivity index (χ0) is 17.2. The lowest BCUT2D eigenvalue weighted by Crippen LogP contribution is -2.34. The van der Waals surface area contributed by atoms with Crippen molar-refractivity contribution in [2.45, 2.75) is 23.2 Å². The molecule has 6 heteroatoms. The fourth-order valence-electron chi connectivity index (χ4n) is 2.99. The predicted octanol–water partition coefficient (Wildman–Crippen LogP) is 4.39. The average molecular weight is 370 g/mol. The summed E-state index contributed by atoms with van der Waals surface area (Å²) in [6.07, 6.45) is 1.71. The van der Waals surface area contributed by atoms with Crippen molar-refractivity contribution in [2.75, 3.05) is 18.2 Å². The number of carbonyl (C=O) groups is 1. The summed E-state index contributed by atoms with van der Waals surface area (Å²) in [7, 11) is 1.67. The lowest BCUT2D eigenvalue weighted by molar-refractivity contribution is -0.117. The molecular formula is C19H18N2O2S2. The van der Waals surface area contributed by atoms with Gasteiger partial charge < -0.3 is 10.1 Å². The first-order chi connectivity index (χ1) is 12.2. The minimum atomic E-state index is -0.122. The van der Waals surface area contributed by atoms with Crippen molar-refractivity contribution in [1.82, 2.24) is 4.98 Å². The summed E-state index contributed by atoms with van der Waals surface area (Å²) in [5.41, 5.74) is 3.25. The molecule has 3 aromatic rings. The number of rotatable bonds is 5. The first-order valence-electron chi connectivity index (χ1n) is 8.17. The molecule has 1 N–H and O–H groups in total. The molecule has 1 aromatic heterocycles. The second-order valence-electron chi connectivity index (χ2n) is 5.96. The van der Waals surface area contributed by atoms with Crippen molar-refractivity contribution in [2.24, 2.45) is 0 Å². The van der Waals surface area contributed by atoms with Gasteiger partial charge in [-0.15, -0.1) is 11.3 Å². The van der Waals surface area contributed by atoms with E-state index in [0.29, 0.717) is 5.75 Å². The van der Waals surface area contributed by atoms with Gasteiger partial charge in [0, 0.05) is 5.69 Å². The average Bonchev–Trinajstić information content (AvgIpc) is 3.08. The molecule has 0 radical (unpaired) electrons. The Morgan fingerprint density at radius 2 is 2.24 bits per heavy atom. The molecule has 0 saturated carbocycles. The van der Waals surface area contributed by atoms with Crippen molar-refractivity contribution in [3.63, 3.8) is 0 Å². The molecule has 2 aromatic carbocycles. The number of Topliss-reactive ketones (excluding diaryl/α,β-unsaturated/α-hetero) is 1. The molecule has 1 aliphatic heterocycles. The molecule has 0 spiro atoms. The number of thiazole rings is 1. The number of ketones is 1. The zero-order valence-corrected chi connectivity index (χ0v) is 15.5. The largest absolute Gasteiger partial charge is 0.497 e. The standard InChI is InChI=1S/C19H18N2O2S2/c1-23-13-7-9-14-12(10-13)6-8-15(20-14)17(22)11-24-19-21-16-4-2-3-5-18(16)25-19/h2-5,7,9-10,15,20H,6,8,11H2,1H3. The summed E-state index contributed by atoms with van der Waals surface area (Å²) in [4.78, 5) is 17.2. The van der Waals surface area contributed by atoms with Gasteiger partial charge in [0.1, 0.15) is 5.75 Å². The van der Waals surface area contributed by atoms with Crippen LogP contribution in [0.4, 0.5) is 5.69 Å². The van der Waals surface area contributed by atoms with E-state index >= 15 is 0 Å². The monoisotopic (exact) mass is 370 g/mol. The van der Waals surface area contributed by atoms with E-state index < -0.39 is 0 Å². The van der Waals surface area contributed by atoms with Crippen LogP contribution in [-0.4, -0.2) is 29.7 Å². The topological polar surface area (TPSA) is 51.2 Å². The van der Waals surface area contributed by atoms with Crippen LogP contribution in [0.25, 0.3) is 10.2 Å². The molecule has 4 rings (SSSR count). The molecule has 1 aliphatic rings. The number of carbonyl (C=O) groups excluding carboxylic acids is 1. The molecule has 128 valence electrons. The second kappa shape index (κ2) is 7.06. The van der Waals surface area contributed by atoms with E-state index in [-0.39, 0.29) is 11.8 Å². The first kappa shape index (κ1) is 16.4. The van der Waals surface area contributed by atoms with Gasteiger partial charge in [-0.1, -0.05) is 23.9 Å². The third-order valence-corrected chi connectivity index (χ3v) is 6.55. The van der Waals surface area contributed by atoms with Crippen LogP contribution in [-0.2, 0) is 11.2 Å². The summed E-state index contributed by atoms with van der Waals surface area (Å²) in [5, 5.41) is 3.38. The molecule has 0 saturated heterocycles. The highest BCUT2D eigenvalue weighted by Gasteiger charge is 2.24. The van der Waals surface area contributed by atoms with Crippen molar-refractivity contribution in [1.29, 1.82) is 0 Å². The van der Waals surface area contributed by atoms with Crippen LogP contribution in [0.1, 0.15) is 12.0 Å². The molecule has 0 fully saturated rings. The molecular weight excluding hydrogens is 352 g/mol. The van der Waals surface area contributed by atoms with Gasteiger partial charge in [0.15, 0.2) is 10.1 Å². The van der Waals surface area contributed by atoms with E-state index in [1.54, 1.807) is 18.4 Å². The van der Waals surface area contributed by atoms with Crippen molar-refractivity contribution in [3.8, 4) is 5.75 Å². The lowest BCUT2D eigenvalue weighted by Gasteiger charge is -2.26. The SMILES string of the molecule is COc1ccc2c(c1)CCC(C(=O)CSc1nc3ccccc3s1)N2. The van der Waals surface area contributed by atoms with Gasteiger partial charge in [-0.05, 0) is 48.7 Å². The first-order valence-corrected chi connectivity index (χ1v) is 9.97. The number of benzene rings is 2. The van der Waals surface area contributed by atoms with Crippen LogP contribution in [0.5, 0.6) is 5.75 Å². The van der Waals surface area contributed by atoms with Gasteiger partial charge in [-0.2, -0.15) is 0 Å². The van der Waals surface area contributed by atoms with Gasteiger partial charge in [0.2, 0.25) is 0 Å². The molecule has 1 unspecified atom stereocenters. The van der Waals surface area contributed by atoms with E-state index in [9.17, 15) is 4.79 Å². The Bertz CT molecular complexity index is 890. The Labute approximate surface area is 154 Å². The summed E-state index contributed by atoms with van der Waals surface area (Å²) < 4.78 is 7.38. The Morgan fingerprint density at radius 3 is 3.08 bits per heavy atom. The predicted molar refractivity (Wildman–Crippen MR) is 104 cm³/mol. The van der Waals surface area contributed by atoms with Gasteiger partial charge in [-0.25, -0.2) is 4.98 Å². The number of nitrogens with one attached hydrogen (secondary N) is 1. The number of para-hydroxylation sites is 1. The van der Waals surface area contributed by atoms with Crippen LogP contribution in [0.2, 0.25) is 0 Å². The Hall–Kier alpha value is -2.05. The fourth-order valence-corrected chi connectivity index (χ4v) is 5.00. The number of aromatic nitrogens is 1. The smallest absolute Gasteiger partial charge is 0.165 e. The minimum absolute atomic E-state index is 0.122. The molecule has 0 bridgehead atoms. The molecule has 4 nitrogen and oxygen atoms in total. The number of fused-ring (bicyclic) bond motifs is 2. The highest BCUT2D eigenvalue weighted by Crippen LogP contribution is 2.31. The molecule has 25 heavy (non-hydrogen) atoms. The molecule has 0 aliphatic carbocycles. The zero-order valence-electron chi connectivity index (χ0n) is 13.8. The number of hydrogen-bond donors (Lipinski definition) is 1. The second-order valence-corrected chi connectivity index (χ2v) is 8.21. The maximum atomic E-state index is 12.6. The van der Waals surface area contributed by atoms with Crippen LogP contribution < -0.4 is 10.1 Å². The van der Waals surface area contributed by atoms with Gasteiger partial charge in [0.25, 0.3) is 0 Å². The normalized spacial score (nSPS) is 16.3. The number of ether oxygens (including phenoxy) is 1. The maximum absolute atomic E-state index is 12.6. The number of thioether (sulfide) groups is 1. The van der Waals surface area contributed by atoms with Crippen molar-refractivity contribution < 1.29 is 9.53 Å². The maximum Gasteiger partial charge on any atom is 0.165 e. The number of methoxy groups -OCH3 is 1. The number of nitrogens with zero attached hydrogens (tertiary/aromatic N) is 1. The van der Waals surface area contributed by atoms with E-state index in [2.05, 4.69) is 16.4 Å². The van der Waals surface area contributed by atoms with Crippen LogP contribution >= 0.6 is 23.1 Å². The van der Waals surface area contributed by atoms with E-state index in [0.717, 1.165) is 38.8 Å². The molecule has 1 atom stereocenters. The molecule has 0 amide bonds. The lowest BCUT2D eigenvalue weighted by atomic mass is 9.96. The minimum Gasteiger partial charge on any atom is -0.497 e. The van der Waals surface area contributed by atoms with Crippen LogP contribution in [0, 0.1) is 0 Å². The molecule has 2 heterocycles. The van der Waals surface area contributed by atoms with Gasteiger partial charge in [0.05, 0.1) is 29.1 Å². The van der Waals surface area contributed by atoms with Crippen molar-refractivity contribution in [3.05, 3.63) is 48.0 Å². The van der Waals surface area contributed by atoms with Crippen LogP contribution in [0.15, 0.2) is 46.8 Å². The van der Waals surface area contributed by atoms with E-state index in [1.165, 1.54) is 17.3 Å². The Balaban J connectivity index is 1.39. The summed E-state index contributed by atoms with van der Waals surface area (Å²) in [6.45, 7) is 0. The number of hydrogen-bond acceptors (Lipinski definition) is 6. The third-order valence-electron chi connectivity index (χ3n) is 4.35. The quantitative estimate of drug-likeness (QED) is 0.675. The van der Waals surface area contributed by atoms with E-state index in [1.807, 2.05) is 36.4 Å². The van der Waals surface area contributed by atoms with E-state index in [4.69, 9.17) is 4.74 Å².